The van der Waals surface area contributed by atoms with Crippen LogP contribution in [0, 0.1) is 11.7 Å². The van der Waals surface area contributed by atoms with Crippen molar-refractivity contribution < 1.29 is 9.18 Å². The first-order valence-electron chi connectivity index (χ1n) is 9.10. The Morgan fingerprint density at radius 3 is 2.81 bits per heavy atom. The summed E-state index contributed by atoms with van der Waals surface area (Å²) < 4.78 is 13.5. The second kappa shape index (κ2) is 8.19. The molecule has 0 aliphatic carbocycles. The number of carbonyl (C=O) groups is 1. The van der Waals surface area contributed by atoms with Crippen LogP contribution in [-0.2, 0) is 11.2 Å². The third kappa shape index (κ3) is 3.92. The van der Waals surface area contributed by atoms with Crippen molar-refractivity contribution in [3.8, 4) is 11.1 Å². The summed E-state index contributed by atoms with van der Waals surface area (Å²) in [6, 6.07) is 12.7. The first kappa shape index (κ1) is 18.9. The molecule has 0 aromatic heterocycles. The van der Waals surface area contributed by atoms with Gasteiger partial charge in [-0.15, -0.1) is 12.4 Å². The SMILES string of the molecule is Cl.O=C(CCC1CCNC1)N1CCc2cc(-c3cccc(F)c3)ccc21. The van der Waals surface area contributed by atoms with Gasteiger partial charge in [0.05, 0.1) is 0 Å². The van der Waals surface area contributed by atoms with Crippen LogP contribution in [0.15, 0.2) is 42.5 Å². The van der Waals surface area contributed by atoms with Crippen LogP contribution < -0.4 is 10.2 Å². The largest absolute Gasteiger partial charge is 0.316 e. The number of hydrogen-bond acceptors (Lipinski definition) is 2. The van der Waals surface area contributed by atoms with Gasteiger partial charge in [0, 0.05) is 18.7 Å². The third-order valence-electron chi connectivity index (χ3n) is 5.36. The van der Waals surface area contributed by atoms with E-state index in [4.69, 9.17) is 0 Å². The van der Waals surface area contributed by atoms with E-state index >= 15 is 0 Å². The Kier molecular flexibility index (Phi) is 5.94. The maximum atomic E-state index is 13.5. The lowest BCUT2D eigenvalue weighted by atomic mass is 10.0. The van der Waals surface area contributed by atoms with E-state index < -0.39 is 0 Å². The minimum Gasteiger partial charge on any atom is -0.316 e. The van der Waals surface area contributed by atoms with Gasteiger partial charge in [-0.25, -0.2) is 4.39 Å². The van der Waals surface area contributed by atoms with E-state index in [2.05, 4.69) is 11.4 Å². The van der Waals surface area contributed by atoms with Crippen LogP contribution in [0.3, 0.4) is 0 Å². The zero-order chi connectivity index (χ0) is 17.2. The molecule has 3 nitrogen and oxygen atoms in total. The van der Waals surface area contributed by atoms with Crippen LogP contribution in [0.1, 0.15) is 24.8 Å². The summed E-state index contributed by atoms with van der Waals surface area (Å²) in [6.07, 6.45) is 3.65. The molecule has 1 amide bonds. The molecule has 2 aromatic rings. The highest BCUT2D eigenvalue weighted by atomic mass is 35.5. The fourth-order valence-corrected chi connectivity index (χ4v) is 3.93. The molecule has 5 heteroatoms. The van der Waals surface area contributed by atoms with Crippen molar-refractivity contribution in [2.45, 2.75) is 25.7 Å². The summed E-state index contributed by atoms with van der Waals surface area (Å²) in [4.78, 5) is 14.5. The van der Waals surface area contributed by atoms with Gasteiger partial charge < -0.3 is 10.2 Å². The van der Waals surface area contributed by atoms with Crippen molar-refractivity contribution >= 4 is 24.0 Å². The van der Waals surface area contributed by atoms with Crippen LogP contribution >= 0.6 is 12.4 Å². The molecule has 0 bridgehead atoms. The average molecular weight is 375 g/mol. The summed E-state index contributed by atoms with van der Waals surface area (Å²) in [5, 5.41) is 3.36. The summed E-state index contributed by atoms with van der Waals surface area (Å²) in [7, 11) is 0. The zero-order valence-electron chi connectivity index (χ0n) is 14.7. The highest BCUT2D eigenvalue weighted by Gasteiger charge is 2.26. The molecule has 2 aliphatic rings. The molecule has 138 valence electrons. The summed E-state index contributed by atoms with van der Waals surface area (Å²) in [5.41, 5.74) is 4.08. The number of fused-ring (bicyclic) bond motifs is 1. The first-order valence-corrected chi connectivity index (χ1v) is 9.10. The van der Waals surface area contributed by atoms with Crippen LogP contribution in [0.4, 0.5) is 10.1 Å². The van der Waals surface area contributed by atoms with E-state index in [0.29, 0.717) is 12.3 Å². The highest BCUT2D eigenvalue weighted by Crippen LogP contribution is 2.33. The van der Waals surface area contributed by atoms with Crippen LogP contribution in [0.25, 0.3) is 11.1 Å². The van der Waals surface area contributed by atoms with Gasteiger partial charge in [0.1, 0.15) is 5.82 Å². The van der Waals surface area contributed by atoms with Gasteiger partial charge in [0.25, 0.3) is 0 Å². The van der Waals surface area contributed by atoms with Gasteiger partial charge in [-0.3, -0.25) is 4.79 Å². The van der Waals surface area contributed by atoms with Crippen LogP contribution in [0.5, 0.6) is 0 Å². The molecule has 26 heavy (non-hydrogen) atoms. The predicted octanol–water partition coefficient (Wildman–Crippen LogP) is 4.19. The topological polar surface area (TPSA) is 32.3 Å². The number of anilines is 1. The molecule has 2 aliphatic heterocycles. The number of amides is 1. The quantitative estimate of drug-likeness (QED) is 0.870. The molecule has 1 unspecified atom stereocenters. The summed E-state index contributed by atoms with van der Waals surface area (Å²) in [5.74, 6) is 0.640. The molecule has 1 saturated heterocycles. The second-order valence-electron chi connectivity index (χ2n) is 7.05. The minimum atomic E-state index is -0.226. The molecule has 0 radical (unpaired) electrons. The standard InChI is InChI=1S/C21H23FN2O.ClH/c22-19-3-1-2-16(13-19)17-5-6-20-18(12-17)9-11-24(20)21(25)7-4-15-8-10-23-14-15;/h1-3,5-6,12-13,15,23H,4,7-11,14H2;1H. The molecule has 1 fully saturated rings. The first-order chi connectivity index (χ1) is 12.2. The van der Waals surface area contributed by atoms with Gasteiger partial charge in [-0.2, -0.15) is 0 Å². The molecular formula is C21H24ClFN2O. The molecule has 4 rings (SSSR count). The Hall–Kier alpha value is -1.91. The Labute approximate surface area is 160 Å². The normalized spacial score (nSPS) is 18.5. The smallest absolute Gasteiger partial charge is 0.227 e. The second-order valence-corrected chi connectivity index (χ2v) is 7.05. The van der Waals surface area contributed by atoms with Crippen molar-refractivity contribution in [3.05, 3.63) is 53.8 Å². The Morgan fingerprint density at radius 2 is 2.04 bits per heavy atom. The Balaban J connectivity index is 0.00000196. The van der Waals surface area contributed by atoms with Crippen molar-refractivity contribution in [1.29, 1.82) is 0 Å². The number of nitrogens with zero attached hydrogens (tertiary/aromatic N) is 1. The van der Waals surface area contributed by atoms with E-state index in [1.807, 2.05) is 23.1 Å². The van der Waals surface area contributed by atoms with E-state index in [9.17, 15) is 9.18 Å². The molecular weight excluding hydrogens is 351 g/mol. The lowest BCUT2D eigenvalue weighted by Gasteiger charge is -2.18. The number of hydrogen-bond donors (Lipinski definition) is 1. The van der Waals surface area contributed by atoms with Crippen molar-refractivity contribution in [1.82, 2.24) is 5.32 Å². The highest BCUT2D eigenvalue weighted by molar-refractivity contribution is 5.96. The van der Waals surface area contributed by atoms with E-state index in [0.717, 1.165) is 49.3 Å². The number of halogens is 2. The fraction of sp³-hybridized carbons (Fsp3) is 0.381. The molecule has 0 spiro atoms. The molecule has 1 atom stereocenters. The molecule has 1 N–H and O–H groups in total. The van der Waals surface area contributed by atoms with Gasteiger partial charge in [0.15, 0.2) is 0 Å². The fourth-order valence-electron chi connectivity index (χ4n) is 3.93. The Morgan fingerprint density at radius 1 is 1.19 bits per heavy atom. The molecule has 0 saturated carbocycles. The van der Waals surface area contributed by atoms with E-state index in [1.165, 1.54) is 18.1 Å². The third-order valence-corrected chi connectivity index (χ3v) is 5.36. The number of benzene rings is 2. The van der Waals surface area contributed by atoms with Gasteiger partial charge in [-0.1, -0.05) is 18.2 Å². The van der Waals surface area contributed by atoms with Gasteiger partial charge in [-0.05, 0) is 79.2 Å². The van der Waals surface area contributed by atoms with E-state index in [-0.39, 0.29) is 24.1 Å². The molecule has 2 aromatic carbocycles. The molecule has 2 heterocycles. The maximum Gasteiger partial charge on any atom is 0.227 e. The van der Waals surface area contributed by atoms with Gasteiger partial charge in [0.2, 0.25) is 5.91 Å². The number of rotatable bonds is 4. The summed E-state index contributed by atoms with van der Waals surface area (Å²) in [6.45, 7) is 2.87. The lowest BCUT2D eigenvalue weighted by Crippen LogP contribution is -2.29. The van der Waals surface area contributed by atoms with Crippen LogP contribution in [-0.4, -0.2) is 25.5 Å². The number of carbonyl (C=O) groups excluding carboxylic acids is 1. The monoisotopic (exact) mass is 374 g/mol. The summed E-state index contributed by atoms with van der Waals surface area (Å²) >= 11 is 0. The van der Waals surface area contributed by atoms with Gasteiger partial charge >= 0.3 is 0 Å². The van der Waals surface area contributed by atoms with Crippen molar-refractivity contribution in [3.63, 3.8) is 0 Å². The minimum absolute atomic E-state index is 0. The zero-order valence-corrected chi connectivity index (χ0v) is 15.5. The average Bonchev–Trinajstić information content (AvgIpc) is 3.28. The van der Waals surface area contributed by atoms with E-state index in [1.54, 1.807) is 12.1 Å². The predicted molar refractivity (Wildman–Crippen MR) is 105 cm³/mol. The van der Waals surface area contributed by atoms with Crippen molar-refractivity contribution in [2.24, 2.45) is 5.92 Å². The lowest BCUT2D eigenvalue weighted by molar-refractivity contribution is -0.118. The van der Waals surface area contributed by atoms with Crippen molar-refractivity contribution in [2.75, 3.05) is 24.5 Å². The van der Waals surface area contributed by atoms with Crippen LogP contribution in [0.2, 0.25) is 0 Å². The number of nitrogens with one attached hydrogen (secondary N) is 1. The Bertz CT molecular complexity index is 789. The maximum absolute atomic E-state index is 13.5.